The lowest BCUT2D eigenvalue weighted by molar-refractivity contribution is -0.122. The van der Waals surface area contributed by atoms with Crippen LogP contribution in [0.5, 0.6) is 11.5 Å². The third kappa shape index (κ3) is 6.54. The largest absolute Gasteiger partial charge is 0.493 e. The van der Waals surface area contributed by atoms with E-state index in [1.807, 2.05) is 39.0 Å². The van der Waals surface area contributed by atoms with Gasteiger partial charge >= 0.3 is 0 Å². The standard InChI is InChI=1S/C16H26N2O3.ClH/c1-5-21-14-7-6-12(9-15(14)20-4)10-18-16(19)13(17)8-11(2)3;/h6-7,9,11,13H,5,8,10,17H2,1-4H3,(H,18,19);1H/t13-;/m0./s1. The number of halogens is 1. The van der Waals surface area contributed by atoms with Crippen LogP contribution in [0.1, 0.15) is 32.8 Å². The molecule has 1 amide bonds. The van der Waals surface area contributed by atoms with Crippen LogP contribution in [-0.2, 0) is 11.3 Å². The van der Waals surface area contributed by atoms with Gasteiger partial charge in [-0.15, -0.1) is 12.4 Å². The molecule has 22 heavy (non-hydrogen) atoms. The van der Waals surface area contributed by atoms with Gasteiger partial charge in [-0.25, -0.2) is 0 Å². The topological polar surface area (TPSA) is 73.6 Å². The molecule has 0 saturated heterocycles. The van der Waals surface area contributed by atoms with Crippen molar-refractivity contribution in [3.63, 3.8) is 0 Å². The molecule has 126 valence electrons. The number of amides is 1. The number of carbonyl (C=O) groups is 1. The molecule has 0 aliphatic rings. The van der Waals surface area contributed by atoms with Crippen LogP contribution in [0.3, 0.4) is 0 Å². The van der Waals surface area contributed by atoms with Crippen molar-refractivity contribution in [3.05, 3.63) is 23.8 Å². The summed E-state index contributed by atoms with van der Waals surface area (Å²) in [6.45, 7) is 7.02. The van der Waals surface area contributed by atoms with E-state index < -0.39 is 6.04 Å². The number of nitrogens with two attached hydrogens (primary N) is 1. The number of rotatable bonds is 8. The monoisotopic (exact) mass is 330 g/mol. The fourth-order valence-corrected chi connectivity index (χ4v) is 2.03. The molecule has 0 radical (unpaired) electrons. The highest BCUT2D eigenvalue weighted by Gasteiger charge is 2.14. The molecule has 0 fully saturated rings. The predicted molar refractivity (Wildman–Crippen MR) is 90.7 cm³/mol. The van der Waals surface area contributed by atoms with Crippen molar-refractivity contribution < 1.29 is 14.3 Å². The van der Waals surface area contributed by atoms with Gasteiger partial charge in [0, 0.05) is 6.54 Å². The molecule has 0 saturated carbocycles. The second-order valence-corrected chi connectivity index (χ2v) is 5.37. The van der Waals surface area contributed by atoms with E-state index in [-0.39, 0.29) is 18.3 Å². The van der Waals surface area contributed by atoms with Crippen LogP contribution in [0.2, 0.25) is 0 Å². The Bertz CT molecular complexity index is 467. The summed E-state index contributed by atoms with van der Waals surface area (Å²) in [6, 6.07) is 5.15. The predicted octanol–water partition coefficient (Wildman–Crippen LogP) is 2.51. The average Bonchev–Trinajstić information content (AvgIpc) is 2.45. The van der Waals surface area contributed by atoms with Gasteiger partial charge in [-0.1, -0.05) is 19.9 Å². The average molecular weight is 331 g/mol. The normalized spacial score (nSPS) is 11.5. The van der Waals surface area contributed by atoms with Crippen molar-refractivity contribution in [2.24, 2.45) is 11.7 Å². The minimum Gasteiger partial charge on any atom is -0.493 e. The number of hydrogen-bond donors (Lipinski definition) is 2. The number of ether oxygens (including phenoxy) is 2. The molecule has 1 aromatic rings. The molecule has 0 bridgehead atoms. The van der Waals surface area contributed by atoms with E-state index in [1.165, 1.54) is 0 Å². The second-order valence-electron chi connectivity index (χ2n) is 5.37. The third-order valence-electron chi connectivity index (χ3n) is 3.06. The molecule has 1 atom stereocenters. The van der Waals surface area contributed by atoms with Crippen LogP contribution in [-0.4, -0.2) is 25.7 Å². The van der Waals surface area contributed by atoms with Crippen LogP contribution in [0.25, 0.3) is 0 Å². The lowest BCUT2D eigenvalue weighted by atomic mass is 10.0. The van der Waals surface area contributed by atoms with E-state index in [9.17, 15) is 4.79 Å². The lowest BCUT2D eigenvalue weighted by Gasteiger charge is -2.15. The van der Waals surface area contributed by atoms with Crippen molar-refractivity contribution in [1.82, 2.24) is 5.32 Å². The smallest absolute Gasteiger partial charge is 0.237 e. The maximum Gasteiger partial charge on any atom is 0.237 e. The molecule has 1 aromatic carbocycles. The zero-order valence-electron chi connectivity index (χ0n) is 13.7. The van der Waals surface area contributed by atoms with Gasteiger partial charge in [0.2, 0.25) is 5.91 Å². The Morgan fingerprint density at radius 2 is 2.00 bits per heavy atom. The summed E-state index contributed by atoms with van der Waals surface area (Å²) in [5.41, 5.74) is 6.79. The van der Waals surface area contributed by atoms with Crippen molar-refractivity contribution in [3.8, 4) is 11.5 Å². The molecule has 0 spiro atoms. The first kappa shape index (κ1) is 20.5. The summed E-state index contributed by atoms with van der Waals surface area (Å²) in [5.74, 6) is 1.63. The zero-order chi connectivity index (χ0) is 15.8. The van der Waals surface area contributed by atoms with Crippen LogP contribution < -0.4 is 20.5 Å². The number of carbonyl (C=O) groups excluding carboxylic acids is 1. The summed E-state index contributed by atoms with van der Waals surface area (Å²) in [4.78, 5) is 11.9. The zero-order valence-corrected chi connectivity index (χ0v) is 14.5. The number of hydrogen-bond acceptors (Lipinski definition) is 4. The van der Waals surface area contributed by atoms with Crippen LogP contribution in [0.4, 0.5) is 0 Å². The van der Waals surface area contributed by atoms with E-state index in [2.05, 4.69) is 5.32 Å². The first-order valence-electron chi connectivity index (χ1n) is 7.30. The van der Waals surface area contributed by atoms with Gasteiger partial charge in [0.05, 0.1) is 19.8 Å². The second kappa shape index (κ2) is 10.3. The summed E-state index contributed by atoms with van der Waals surface area (Å²) in [5, 5.41) is 2.85. The van der Waals surface area contributed by atoms with Crippen molar-refractivity contribution >= 4 is 18.3 Å². The molecule has 6 heteroatoms. The van der Waals surface area contributed by atoms with Gasteiger partial charge in [0.25, 0.3) is 0 Å². The molecule has 1 rings (SSSR count). The number of methoxy groups -OCH3 is 1. The van der Waals surface area contributed by atoms with Crippen LogP contribution in [0, 0.1) is 5.92 Å². The van der Waals surface area contributed by atoms with Gasteiger partial charge in [0.1, 0.15) is 0 Å². The molecule has 0 unspecified atom stereocenters. The lowest BCUT2D eigenvalue weighted by Crippen LogP contribution is -2.41. The minimum atomic E-state index is -0.463. The van der Waals surface area contributed by atoms with Crippen molar-refractivity contribution in [2.45, 2.75) is 39.8 Å². The van der Waals surface area contributed by atoms with Gasteiger partial charge in [0.15, 0.2) is 11.5 Å². The molecular formula is C16H27ClN2O3. The highest BCUT2D eigenvalue weighted by molar-refractivity contribution is 5.85. The molecule has 5 nitrogen and oxygen atoms in total. The van der Waals surface area contributed by atoms with E-state index >= 15 is 0 Å². The Morgan fingerprint density at radius 3 is 2.55 bits per heavy atom. The van der Waals surface area contributed by atoms with Crippen molar-refractivity contribution in [2.75, 3.05) is 13.7 Å². The van der Waals surface area contributed by atoms with Crippen LogP contribution >= 0.6 is 12.4 Å². The van der Waals surface area contributed by atoms with E-state index in [0.29, 0.717) is 37.0 Å². The summed E-state index contributed by atoms with van der Waals surface area (Å²) in [6.07, 6.45) is 0.679. The minimum absolute atomic E-state index is 0. The summed E-state index contributed by atoms with van der Waals surface area (Å²) in [7, 11) is 1.60. The third-order valence-corrected chi connectivity index (χ3v) is 3.06. The van der Waals surface area contributed by atoms with Gasteiger partial charge in [-0.05, 0) is 37.0 Å². The molecule has 0 aromatic heterocycles. The van der Waals surface area contributed by atoms with Crippen molar-refractivity contribution in [1.29, 1.82) is 0 Å². The Kier molecular flexibility index (Phi) is 9.61. The van der Waals surface area contributed by atoms with Gasteiger partial charge in [-0.2, -0.15) is 0 Å². The SMILES string of the molecule is CCOc1ccc(CNC(=O)[C@@H](N)CC(C)C)cc1OC.Cl. The Balaban J connectivity index is 0.00000441. The summed E-state index contributed by atoms with van der Waals surface area (Å²) >= 11 is 0. The number of nitrogens with one attached hydrogen (secondary N) is 1. The summed E-state index contributed by atoms with van der Waals surface area (Å²) < 4.78 is 10.7. The molecule has 0 aliphatic carbocycles. The molecule has 3 N–H and O–H groups in total. The molecule has 0 heterocycles. The Hall–Kier alpha value is -1.46. The highest BCUT2D eigenvalue weighted by Crippen LogP contribution is 2.27. The Labute approximate surface area is 139 Å². The quantitative estimate of drug-likeness (QED) is 0.768. The fourth-order valence-electron chi connectivity index (χ4n) is 2.03. The Morgan fingerprint density at radius 1 is 1.32 bits per heavy atom. The fraction of sp³-hybridized carbons (Fsp3) is 0.562. The van der Waals surface area contributed by atoms with Gasteiger partial charge < -0.3 is 20.5 Å². The van der Waals surface area contributed by atoms with Crippen LogP contribution in [0.15, 0.2) is 18.2 Å². The maximum absolute atomic E-state index is 11.9. The first-order chi connectivity index (χ1) is 9.97. The maximum atomic E-state index is 11.9. The van der Waals surface area contributed by atoms with E-state index in [4.69, 9.17) is 15.2 Å². The number of benzene rings is 1. The molecular weight excluding hydrogens is 304 g/mol. The first-order valence-corrected chi connectivity index (χ1v) is 7.30. The van der Waals surface area contributed by atoms with Gasteiger partial charge in [-0.3, -0.25) is 4.79 Å². The highest BCUT2D eigenvalue weighted by atomic mass is 35.5. The van der Waals surface area contributed by atoms with E-state index in [1.54, 1.807) is 7.11 Å². The molecule has 0 aliphatic heterocycles. The van der Waals surface area contributed by atoms with E-state index in [0.717, 1.165) is 5.56 Å².